The Bertz CT molecular complexity index is 632. The van der Waals surface area contributed by atoms with Crippen LogP contribution in [-0.4, -0.2) is 4.57 Å². The standard InChI is InChI=1S/C12H10N2S/c1-8-3-4-11-9(5-8)6-10(7-13)12(15)14(11)2/h3-6H,1-2H3. The van der Waals surface area contributed by atoms with Gasteiger partial charge >= 0.3 is 0 Å². The van der Waals surface area contributed by atoms with Crippen LogP contribution in [0.4, 0.5) is 0 Å². The van der Waals surface area contributed by atoms with Gasteiger partial charge in [-0.15, -0.1) is 0 Å². The van der Waals surface area contributed by atoms with Gasteiger partial charge in [-0.05, 0) is 30.5 Å². The van der Waals surface area contributed by atoms with E-state index in [2.05, 4.69) is 12.1 Å². The van der Waals surface area contributed by atoms with Gasteiger partial charge in [0.05, 0.1) is 5.56 Å². The zero-order valence-corrected chi connectivity index (χ0v) is 9.43. The van der Waals surface area contributed by atoms with Gasteiger partial charge in [-0.3, -0.25) is 0 Å². The van der Waals surface area contributed by atoms with Gasteiger partial charge in [0.25, 0.3) is 0 Å². The Morgan fingerprint density at radius 2 is 2.07 bits per heavy atom. The Labute approximate surface area is 93.4 Å². The molecule has 0 saturated heterocycles. The first-order chi connectivity index (χ1) is 7.13. The molecule has 0 atom stereocenters. The van der Waals surface area contributed by atoms with Crippen molar-refractivity contribution in [2.75, 3.05) is 0 Å². The van der Waals surface area contributed by atoms with E-state index in [-0.39, 0.29) is 0 Å². The lowest BCUT2D eigenvalue weighted by molar-refractivity contribution is 0.931. The van der Waals surface area contributed by atoms with Crippen molar-refractivity contribution in [3.8, 4) is 6.07 Å². The fourth-order valence-corrected chi connectivity index (χ4v) is 1.89. The minimum Gasteiger partial charge on any atom is -0.334 e. The van der Waals surface area contributed by atoms with Crippen molar-refractivity contribution in [3.63, 3.8) is 0 Å². The van der Waals surface area contributed by atoms with E-state index in [4.69, 9.17) is 17.5 Å². The summed E-state index contributed by atoms with van der Waals surface area (Å²) in [5.74, 6) is 0. The molecule has 2 rings (SSSR count). The largest absolute Gasteiger partial charge is 0.334 e. The third kappa shape index (κ3) is 1.53. The Hall–Kier alpha value is -1.66. The molecular formula is C12H10N2S. The first-order valence-electron chi connectivity index (χ1n) is 4.64. The molecule has 1 aromatic carbocycles. The van der Waals surface area contributed by atoms with E-state index in [1.807, 2.05) is 36.7 Å². The Morgan fingerprint density at radius 3 is 2.73 bits per heavy atom. The second kappa shape index (κ2) is 3.48. The predicted molar refractivity (Wildman–Crippen MR) is 63.2 cm³/mol. The van der Waals surface area contributed by atoms with E-state index in [0.717, 1.165) is 10.9 Å². The van der Waals surface area contributed by atoms with Crippen LogP contribution in [0.2, 0.25) is 0 Å². The van der Waals surface area contributed by atoms with Crippen molar-refractivity contribution in [1.82, 2.24) is 4.57 Å². The van der Waals surface area contributed by atoms with Crippen LogP contribution < -0.4 is 0 Å². The summed E-state index contributed by atoms with van der Waals surface area (Å²) in [4.78, 5) is 0. The number of rotatable bonds is 0. The molecule has 0 saturated carbocycles. The monoisotopic (exact) mass is 214 g/mol. The Kier molecular flexibility index (Phi) is 2.29. The Balaban J connectivity index is 2.99. The van der Waals surface area contributed by atoms with Crippen LogP contribution in [0.1, 0.15) is 11.1 Å². The lowest BCUT2D eigenvalue weighted by Gasteiger charge is -2.07. The van der Waals surface area contributed by atoms with Gasteiger partial charge in [0.15, 0.2) is 0 Å². The maximum atomic E-state index is 8.94. The van der Waals surface area contributed by atoms with Crippen LogP contribution in [-0.2, 0) is 7.05 Å². The topological polar surface area (TPSA) is 28.7 Å². The molecule has 0 amide bonds. The van der Waals surface area contributed by atoms with Gasteiger partial charge in [-0.2, -0.15) is 5.26 Å². The molecule has 0 aliphatic rings. The normalized spacial score (nSPS) is 10.2. The highest BCUT2D eigenvalue weighted by Crippen LogP contribution is 2.18. The smallest absolute Gasteiger partial charge is 0.124 e. The van der Waals surface area contributed by atoms with Crippen molar-refractivity contribution in [2.45, 2.75) is 6.92 Å². The molecule has 0 radical (unpaired) electrons. The van der Waals surface area contributed by atoms with Crippen molar-refractivity contribution < 1.29 is 0 Å². The van der Waals surface area contributed by atoms with Crippen molar-refractivity contribution in [3.05, 3.63) is 40.0 Å². The minimum atomic E-state index is 0.561. The van der Waals surface area contributed by atoms with Crippen LogP contribution in [0.25, 0.3) is 10.9 Å². The molecule has 0 N–H and O–H groups in total. The molecule has 0 spiro atoms. The zero-order valence-electron chi connectivity index (χ0n) is 8.61. The fraction of sp³-hybridized carbons (Fsp3) is 0.167. The molecule has 0 bridgehead atoms. The highest BCUT2D eigenvalue weighted by atomic mass is 32.1. The number of nitrogens with zero attached hydrogens (tertiary/aromatic N) is 2. The number of hydrogen-bond acceptors (Lipinski definition) is 2. The number of benzene rings is 1. The third-order valence-electron chi connectivity index (χ3n) is 2.50. The van der Waals surface area contributed by atoms with Crippen LogP contribution in [0, 0.1) is 22.9 Å². The summed E-state index contributed by atoms with van der Waals surface area (Å²) >= 11 is 5.19. The summed E-state index contributed by atoms with van der Waals surface area (Å²) in [6, 6.07) is 10.1. The molecule has 3 heteroatoms. The summed E-state index contributed by atoms with van der Waals surface area (Å²) in [5, 5.41) is 10.00. The molecule has 2 nitrogen and oxygen atoms in total. The summed E-state index contributed by atoms with van der Waals surface area (Å²) in [5.41, 5.74) is 2.80. The average molecular weight is 214 g/mol. The van der Waals surface area contributed by atoms with Crippen molar-refractivity contribution in [1.29, 1.82) is 5.26 Å². The molecular weight excluding hydrogens is 204 g/mol. The molecule has 0 fully saturated rings. The van der Waals surface area contributed by atoms with Crippen LogP contribution in [0.15, 0.2) is 24.3 Å². The van der Waals surface area contributed by atoms with Crippen molar-refractivity contribution >= 4 is 23.1 Å². The first kappa shape index (κ1) is 9.88. The van der Waals surface area contributed by atoms with Gasteiger partial charge < -0.3 is 4.57 Å². The molecule has 2 aromatic rings. The quantitative estimate of drug-likeness (QED) is 0.630. The molecule has 0 unspecified atom stereocenters. The zero-order chi connectivity index (χ0) is 11.0. The van der Waals surface area contributed by atoms with Gasteiger partial charge in [-0.1, -0.05) is 23.8 Å². The van der Waals surface area contributed by atoms with E-state index >= 15 is 0 Å². The van der Waals surface area contributed by atoms with E-state index in [9.17, 15) is 0 Å². The highest BCUT2D eigenvalue weighted by Gasteiger charge is 2.02. The third-order valence-corrected chi connectivity index (χ3v) is 2.99. The van der Waals surface area contributed by atoms with Gasteiger partial charge in [0.1, 0.15) is 10.7 Å². The maximum absolute atomic E-state index is 8.94. The van der Waals surface area contributed by atoms with Gasteiger partial charge in [0, 0.05) is 12.6 Å². The predicted octanol–water partition coefficient (Wildman–Crippen LogP) is 3.09. The lowest BCUT2D eigenvalue weighted by atomic mass is 10.1. The van der Waals surface area contributed by atoms with Crippen LogP contribution in [0.3, 0.4) is 0 Å². The Morgan fingerprint density at radius 1 is 1.33 bits per heavy atom. The summed E-state index contributed by atoms with van der Waals surface area (Å²) < 4.78 is 2.47. The average Bonchev–Trinajstić information content (AvgIpc) is 2.23. The van der Waals surface area contributed by atoms with Gasteiger partial charge in [-0.25, -0.2) is 0 Å². The number of nitriles is 1. The fourth-order valence-electron chi connectivity index (χ4n) is 1.68. The molecule has 1 aromatic heterocycles. The SMILES string of the molecule is Cc1ccc2c(c1)cc(C#N)c(=S)n2C. The maximum Gasteiger partial charge on any atom is 0.124 e. The summed E-state index contributed by atoms with van der Waals surface area (Å²) in [6.07, 6.45) is 0. The highest BCUT2D eigenvalue weighted by molar-refractivity contribution is 7.71. The number of fused-ring (bicyclic) bond motifs is 1. The summed E-state index contributed by atoms with van der Waals surface area (Å²) in [7, 11) is 1.89. The molecule has 74 valence electrons. The van der Waals surface area contributed by atoms with E-state index in [1.54, 1.807) is 0 Å². The molecule has 15 heavy (non-hydrogen) atoms. The van der Waals surface area contributed by atoms with E-state index in [1.165, 1.54) is 5.56 Å². The number of aryl methyl sites for hydroxylation is 2. The van der Waals surface area contributed by atoms with Crippen LogP contribution in [0.5, 0.6) is 0 Å². The second-order valence-corrected chi connectivity index (χ2v) is 3.98. The van der Waals surface area contributed by atoms with E-state index < -0.39 is 0 Å². The van der Waals surface area contributed by atoms with Crippen LogP contribution >= 0.6 is 12.2 Å². The lowest BCUT2D eigenvalue weighted by Crippen LogP contribution is -1.97. The number of pyridine rings is 1. The van der Waals surface area contributed by atoms with E-state index in [0.29, 0.717) is 10.2 Å². The molecule has 1 heterocycles. The molecule has 0 aliphatic heterocycles. The van der Waals surface area contributed by atoms with Gasteiger partial charge in [0.2, 0.25) is 0 Å². The number of aromatic nitrogens is 1. The van der Waals surface area contributed by atoms with Crippen molar-refractivity contribution in [2.24, 2.45) is 7.05 Å². The number of hydrogen-bond donors (Lipinski definition) is 0. The molecule has 0 aliphatic carbocycles. The minimum absolute atomic E-state index is 0.561. The summed E-state index contributed by atoms with van der Waals surface area (Å²) in [6.45, 7) is 2.03. The second-order valence-electron chi connectivity index (χ2n) is 3.60. The first-order valence-corrected chi connectivity index (χ1v) is 5.05.